The Morgan fingerprint density at radius 3 is 2.54 bits per heavy atom. The Hall–Kier alpha value is -1.09. The molecule has 0 aliphatic rings. The molecular formula is C10H15NO2. The minimum absolute atomic E-state index is 0.0451. The number of aryl methyl sites for hydroxylation is 1. The van der Waals surface area contributed by atoms with E-state index in [4.69, 9.17) is 4.74 Å². The van der Waals surface area contributed by atoms with Gasteiger partial charge in [0.2, 0.25) is 0 Å². The van der Waals surface area contributed by atoms with Crippen LogP contribution in [0.3, 0.4) is 0 Å². The molecular weight excluding hydrogens is 166 g/mol. The number of hydrogen-bond acceptors (Lipinski definition) is 2. The minimum Gasteiger partial charge on any atom is -0.377 e. The Kier molecular flexibility index (Phi) is 2.88. The first kappa shape index (κ1) is 9.99. The van der Waals surface area contributed by atoms with E-state index in [0.717, 1.165) is 17.0 Å². The maximum Gasteiger partial charge on any atom is 0.190 e. The van der Waals surface area contributed by atoms with Gasteiger partial charge in [0.15, 0.2) is 5.78 Å². The molecule has 1 rings (SSSR count). The first-order chi connectivity index (χ1) is 6.07. The van der Waals surface area contributed by atoms with Crippen LogP contribution in [0.2, 0.25) is 0 Å². The number of nitrogens with zero attached hydrogens (tertiary/aromatic N) is 1. The zero-order valence-corrected chi connectivity index (χ0v) is 8.55. The van der Waals surface area contributed by atoms with Crippen molar-refractivity contribution in [2.45, 2.75) is 13.8 Å². The maximum atomic E-state index is 11.5. The molecule has 1 aromatic rings. The summed E-state index contributed by atoms with van der Waals surface area (Å²) < 4.78 is 6.81. The van der Waals surface area contributed by atoms with Crippen molar-refractivity contribution >= 4 is 5.78 Å². The van der Waals surface area contributed by atoms with Crippen molar-refractivity contribution in [1.29, 1.82) is 0 Å². The van der Waals surface area contributed by atoms with Crippen LogP contribution in [0, 0.1) is 13.8 Å². The first-order valence-corrected chi connectivity index (χ1v) is 4.23. The summed E-state index contributed by atoms with van der Waals surface area (Å²) >= 11 is 0. The highest BCUT2D eigenvalue weighted by molar-refractivity contribution is 5.98. The zero-order valence-electron chi connectivity index (χ0n) is 8.55. The number of Topliss-reactive ketones (excluding diaryl/α,β-unsaturated/α-hetero) is 1. The van der Waals surface area contributed by atoms with Crippen LogP contribution in [0.4, 0.5) is 0 Å². The average molecular weight is 181 g/mol. The number of methoxy groups -OCH3 is 1. The number of carbonyl (C=O) groups is 1. The van der Waals surface area contributed by atoms with Crippen molar-refractivity contribution in [3.8, 4) is 0 Å². The van der Waals surface area contributed by atoms with E-state index >= 15 is 0 Å². The van der Waals surface area contributed by atoms with Crippen LogP contribution >= 0.6 is 0 Å². The fourth-order valence-corrected chi connectivity index (χ4v) is 1.35. The third kappa shape index (κ3) is 1.80. The largest absolute Gasteiger partial charge is 0.377 e. The molecule has 0 saturated carbocycles. The van der Waals surface area contributed by atoms with Crippen molar-refractivity contribution in [3.63, 3.8) is 0 Å². The lowest BCUT2D eigenvalue weighted by Gasteiger charge is -2.00. The first-order valence-electron chi connectivity index (χ1n) is 4.23. The van der Waals surface area contributed by atoms with Crippen molar-refractivity contribution in [3.05, 3.63) is 23.0 Å². The standard InChI is InChI=1S/C10H15NO2/c1-7-5-9(8(2)11(7)3)10(12)6-13-4/h5H,6H2,1-4H3. The van der Waals surface area contributed by atoms with Crippen LogP contribution < -0.4 is 0 Å². The summed E-state index contributed by atoms with van der Waals surface area (Å²) in [6, 6.07) is 1.90. The van der Waals surface area contributed by atoms with E-state index in [1.54, 1.807) is 0 Å². The second-order valence-corrected chi connectivity index (χ2v) is 3.20. The molecule has 0 saturated heterocycles. The minimum atomic E-state index is 0.0451. The van der Waals surface area contributed by atoms with E-state index in [0.29, 0.717) is 0 Å². The molecule has 0 spiro atoms. The Bertz CT molecular complexity index is 326. The van der Waals surface area contributed by atoms with Crippen molar-refractivity contribution < 1.29 is 9.53 Å². The molecule has 1 heterocycles. The lowest BCUT2D eigenvalue weighted by molar-refractivity contribution is 0.0847. The molecule has 0 radical (unpaired) electrons. The lowest BCUT2D eigenvalue weighted by Crippen LogP contribution is -2.08. The normalized spacial score (nSPS) is 10.5. The van der Waals surface area contributed by atoms with Crippen LogP contribution in [0.1, 0.15) is 21.7 Å². The molecule has 1 aromatic heterocycles. The molecule has 3 heteroatoms. The van der Waals surface area contributed by atoms with Gasteiger partial charge in [-0.15, -0.1) is 0 Å². The van der Waals surface area contributed by atoms with E-state index in [1.807, 2.05) is 31.5 Å². The van der Waals surface area contributed by atoms with Gasteiger partial charge < -0.3 is 9.30 Å². The smallest absolute Gasteiger partial charge is 0.190 e. The molecule has 0 N–H and O–H groups in total. The van der Waals surface area contributed by atoms with E-state index in [2.05, 4.69) is 0 Å². The summed E-state index contributed by atoms with van der Waals surface area (Å²) in [5.41, 5.74) is 2.86. The van der Waals surface area contributed by atoms with Gasteiger partial charge in [-0.25, -0.2) is 0 Å². The summed E-state index contributed by atoms with van der Waals surface area (Å²) in [5.74, 6) is 0.0451. The zero-order chi connectivity index (χ0) is 10.0. The molecule has 72 valence electrons. The molecule has 13 heavy (non-hydrogen) atoms. The maximum absolute atomic E-state index is 11.5. The lowest BCUT2D eigenvalue weighted by atomic mass is 10.2. The second-order valence-electron chi connectivity index (χ2n) is 3.20. The SMILES string of the molecule is COCC(=O)c1cc(C)n(C)c1C. The number of hydrogen-bond donors (Lipinski definition) is 0. The molecule has 0 bridgehead atoms. The highest BCUT2D eigenvalue weighted by Gasteiger charge is 2.12. The van der Waals surface area contributed by atoms with Crippen LogP contribution in [-0.2, 0) is 11.8 Å². The molecule has 0 amide bonds. The fourth-order valence-electron chi connectivity index (χ4n) is 1.35. The van der Waals surface area contributed by atoms with Gasteiger partial charge in [0.1, 0.15) is 6.61 Å². The van der Waals surface area contributed by atoms with Crippen LogP contribution in [0.15, 0.2) is 6.07 Å². The molecule has 3 nitrogen and oxygen atoms in total. The van der Waals surface area contributed by atoms with Gasteiger partial charge in [0, 0.05) is 31.1 Å². The van der Waals surface area contributed by atoms with Crippen LogP contribution in [-0.4, -0.2) is 24.1 Å². The molecule has 0 fully saturated rings. The fraction of sp³-hybridized carbons (Fsp3) is 0.500. The van der Waals surface area contributed by atoms with E-state index in [-0.39, 0.29) is 12.4 Å². The number of ether oxygens (including phenoxy) is 1. The molecule has 0 aromatic carbocycles. The quantitative estimate of drug-likeness (QED) is 0.661. The van der Waals surface area contributed by atoms with Gasteiger partial charge in [-0.2, -0.15) is 0 Å². The Labute approximate surface area is 78.3 Å². The second kappa shape index (κ2) is 3.75. The van der Waals surface area contributed by atoms with E-state index in [1.165, 1.54) is 7.11 Å². The highest BCUT2D eigenvalue weighted by atomic mass is 16.5. The Balaban J connectivity index is 3.01. The van der Waals surface area contributed by atoms with Crippen molar-refractivity contribution in [2.24, 2.45) is 7.05 Å². The van der Waals surface area contributed by atoms with Crippen molar-refractivity contribution in [2.75, 3.05) is 13.7 Å². The molecule has 0 aliphatic heterocycles. The highest BCUT2D eigenvalue weighted by Crippen LogP contribution is 2.13. The summed E-state index contributed by atoms with van der Waals surface area (Å²) in [4.78, 5) is 11.5. The number of ketones is 1. The van der Waals surface area contributed by atoms with Gasteiger partial charge in [-0.1, -0.05) is 0 Å². The molecule has 0 aliphatic carbocycles. The number of rotatable bonds is 3. The monoisotopic (exact) mass is 181 g/mol. The van der Waals surface area contributed by atoms with Crippen LogP contribution in [0.5, 0.6) is 0 Å². The summed E-state index contributed by atoms with van der Waals surface area (Å²) in [7, 11) is 3.48. The third-order valence-corrected chi connectivity index (χ3v) is 2.35. The predicted molar refractivity (Wildman–Crippen MR) is 51.1 cm³/mol. The van der Waals surface area contributed by atoms with Gasteiger partial charge in [-0.3, -0.25) is 4.79 Å². The number of carbonyl (C=O) groups excluding carboxylic acids is 1. The predicted octanol–water partition coefficient (Wildman–Crippen LogP) is 1.47. The van der Waals surface area contributed by atoms with E-state index in [9.17, 15) is 4.79 Å². The Morgan fingerprint density at radius 1 is 1.54 bits per heavy atom. The van der Waals surface area contributed by atoms with Gasteiger partial charge in [0.05, 0.1) is 0 Å². The van der Waals surface area contributed by atoms with Crippen molar-refractivity contribution in [1.82, 2.24) is 4.57 Å². The molecule has 0 atom stereocenters. The average Bonchev–Trinajstić information content (AvgIpc) is 2.33. The van der Waals surface area contributed by atoms with Gasteiger partial charge in [-0.05, 0) is 19.9 Å². The Morgan fingerprint density at radius 2 is 2.15 bits per heavy atom. The van der Waals surface area contributed by atoms with Gasteiger partial charge in [0.25, 0.3) is 0 Å². The topological polar surface area (TPSA) is 31.2 Å². The van der Waals surface area contributed by atoms with Gasteiger partial charge >= 0.3 is 0 Å². The van der Waals surface area contributed by atoms with E-state index < -0.39 is 0 Å². The van der Waals surface area contributed by atoms with Crippen LogP contribution in [0.25, 0.3) is 0 Å². The molecule has 0 unspecified atom stereocenters. The summed E-state index contributed by atoms with van der Waals surface area (Å²) in [6.45, 7) is 4.08. The summed E-state index contributed by atoms with van der Waals surface area (Å²) in [6.07, 6.45) is 0. The number of aromatic nitrogens is 1. The third-order valence-electron chi connectivity index (χ3n) is 2.35. The summed E-state index contributed by atoms with van der Waals surface area (Å²) in [5, 5.41) is 0.